The summed E-state index contributed by atoms with van der Waals surface area (Å²) >= 11 is 0. The topological polar surface area (TPSA) is 99.1 Å². The lowest BCUT2D eigenvalue weighted by Crippen LogP contribution is -2.50. The summed E-state index contributed by atoms with van der Waals surface area (Å²) in [5, 5.41) is 9.48. The minimum absolute atomic E-state index is 0.0344. The molecule has 220 valence electrons. The number of carboxylic acid groups (broad SMARTS) is 1. The number of hydrogen-bond acceptors (Lipinski definition) is 6. The second kappa shape index (κ2) is 22.8. The van der Waals surface area contributed by atoms with E-state index in [1.807, 2.05) is 33.3 Å². The van der Waals surface area contributed by atoms with Gasteiger partial charge in [0.05, 0.1) is 34.4 Å². The van der Waals surface area contributed by atoms with Crippen molar-refractivity contribution < 1.29 is 38.2 Å². The highest BCUT2D eigenvalue weighted by Crippen LogP contribution is 2.10. The molecule has 0 aliphatic heterocycles. The minimum atomic E-state index is -0.889. The van der Waals surface area contributed by atoms with E-state index < -0.39 is 18.1 Å². The number of rotatable bonds is 24. The Balaban J connectivity index is 4.66. The maximum absolute atomic E-state index is 12.4. The second-order valence-corrected chi connectivity index (χ2v) is 10.6. The molecule has 38 heavy (non-hydrogen) atoms. The van der Waals surface area contributed by atoms with Crippen LogP contribution in [0.5, 0.6) is 0 Å². The van der Waals surface area contributed by atoms with Gasteiger partial charge in [-0.1, -0.05) is 63.8 Å². The smallest absolute Gasteiger partial charge is 0.362 e. The predicted molar refractivity (Wildman–Crippen MR) is 151 cm³/mol. The average Bonchev–Trinajstić information content (AvgIpc) is 2.84. The van der Waals surface area contributed by atoms with Crippen molar-refractivity contribution in [1.29, 1.82) is 0 Å². The van der Waals surface area contributed by atoms with E-state index in [0.29, 0.717) is 19.3 Å². The molecular formula is C30H54NO7+. The van der Waals surface area contributed by atoms with Crippen molar-refractivity contribution >= 4 is 17.9 Å². The van der Waals surface area contributed by atoms with Crippen LogP contribution in [0.2, 0.25) is 0 Å². The molecule has 0 aliphatic rings. The normalized spacial score (nSPS) is 13.6. The number of hydrogen-bond donors (Lipinski definition) is 1. The van der Waals surface area contributed by atoms with Crippen molar-refractivity contribution in [3.63, 3.8) is 0 Å². The average molecular weight is 541 g/mol. The number of carboxylic acids is 1. The van der Waals surface area contributed by atoms with E-state index in [1.165, 1.54) is 25.7 Å². The Morgan fingerprint density at radius 3 is 1.79 bits per heavy atom. The molecule has 0 fully saturated rings. The third-order valence-electron chi connectivity index (χ3n) is 6.10. The Morgan fingerprint density at radius 2 is 1.29 bits per heavy atom. The van der Waals surface area contributed by atoms with Crippen molar-refractivity contribution in [1.82, 2.24) is 0 Å². The highest BCUT2D eigenvalue weighted by molar-refractivity contribution is 5.72. The fraction of sp³-hybridized carbons (Fsp3) is 0.767. The monoisotopic (exact) mass is 540 g/mol. The number of carbonyl (C=O) groups is 3. The molecule has 2 atom stereocenters. The Hall–Kier alpha value is -2.19. The lowest BCUT2D eigenvalue weighted by molar-refractivity contribution is -0.887. The fourth-order valence-electron chi connectivity index (χ4n) is 3.77. The number of esters is 2. The van der Waals surface area contributed by atoms with Gasteiger partial charge in [0.25, 0.3) is 0 Å². The van der Waals surface area contributed by atoms with Gasteiger partial charge in [-0.15, -0.1) is 0 Å². The van der Waals surface area contributed by atoms with E-state index in [0.717, 1.165) is 25.7 Å². The van der Waals surface area contributed by atoms with Crippen molar-refractivity contribution in [3.8, 4) is 0 Å². The molecule has 0 bridgehead atoms. The van der Waals surface area contributed by atoms with Gasteiger partial charge in [-0.25, -0.2) is 4.79 Å². The molecule has 0 amide bonds. The molecule has 0 spiro atoms. The molecule has 0 aliphatic carbocycles. The van der Waals surface area contributed by atoms with Gasteiger partial charge in [0.2, 0.25) is 0 Å². The lowest BCUT2D eigenvalue weighted by atomic mass is 10.1. The number of carbonyl (C=O) groups excluding carboxylic acids is 2. The van der Waals surface area contributed by atoms with Gasteiger partial charge in [0.15, 0.2) is 12.1 Å². The lowest BCUT2D eigenvalue weighted by Gasteiger charge is -2.31. The van der Waals surface area contributed by atoms with E-state index in [1.54, 1.807) is 0 Å². The predicted octanol–water partition coefficient (Wildman–Crippen LogP) is 5.84. The van der Waals surface area contributed by atoms with Crippen LogP contribution in [0.3, 0.4) is 0 Å². The molecule has 2 unspecified atom stereocenters. The van der Waals surface area contributed by atoms with Crippen molar-refractivity contribution in [3.05, 3.63) is 24.3 Å². The van der Waals surface area contributed by atoms with E-state index in [-0.39, 0.29) is 49.1 Å². The SMILES string of the molecule is CCCCC/C=C/CCC(=O)OCC(COCCC(C(=O)O)[N+](C)(C)C)OC(=O)CC/C=C/CCCCC. The first kappa shape index (κ1) is 35.8. The first-order valence-electron chi connectivity index (χ1n) is 14.4. The van der Waals surface area contributed by atoms with Crippen LogP contribution in [0.1, 0.15) is 97.3 Å². The quantitative estimate of drug-likeness (QED) is 0.0710. The second-order valence-electron chi connectivity index (χ2n) is 10.6. The molecule has 0 rings (SSSR count). The molecule has 0 aromatic carbocycles. The largest absolute Gasteiger partial charge is 0.477 e. The standard InChI is InChI=1S/C30H53NO7/c1-6-8-10-12-14-16-18-20-28(32)37-25-26(24-36-23-22-27(30(34)35)31(3,4)5)38-29(33)21-19-17-15-13-11-9-7-2/h14-17,26-27H,6-13,18-25H2,1-5H3/p+1/b16-14+,17-15+. The van der Waals surface area contributed by atoms with Gasteiger partial charge in [-0.2, -0.15) is 0 Å². The number of unbranched alkanes of at least 4 members (excludes halogenated alkanes) is 6. The summed E-state index contributed by atoms with van der Waals surface area (Å²) in [7, 11) is 5.46. The van der Waals surface area contributed by atoms with Crippen LogP contribution in [-0.2, 0) is 28.6 Å². The Kier molecular flexibility index (Phi) is 21.5. The van der Waals surface area contributed by atoms with Crippen LogP contribution in [0.25, 0.3) is 0 Å². The van der Waals surface area contributed by atoms with E-state index in [9.17, 15) is 19.5 Å². The maximum atomic E-state index is 12.4. The van der Waals surface area contributed by atoms with Crippen LogP contribution in [0.4, 0.5) is 0 Å². The minimum Gasteiger partial charge on any atom is -0.477 e. The van der Waals surface area contributed by atoms with E-state index in [2.05, 4.69) is 26.0 Å². The molecular weight excluding hydrogens is 486 g/mol. The summed E-state index contributed by atoms with van der Waals surface area (Å²) in [5.41, 5.74) is 0. The number of quaternary nitrogens is 1. The van der Waals surface area contributed by atoms with Crippen LogP contribution in [0.15, 0.2) is 24.3 Å². The molecule has 0 saturated carbocycles. The maximum Gasteiger partial charge on any atom is 0.362 e. The first-order valence-corrected chi connectivity index (χ1v) is 14.4. The molecule has 0 heterocycles. The van der Waals surface area contributed by atoms with Gasteiger partial charge in [0, 0.05) is 19.3 Å². The van der Waals surface area contributed by atoms with Crippen LogP contribution < -0.4 is 0 Å². The Labute approximate surface area is 231 Å². The zero-order valence-corrected chi connectivity index (χ0v) is 24.6. The molecule has 8 heteroatoms. The first-order chi connectivity index (χ1) is 18.1. The zero-order valence-electron chi connectivity index (χ0n) is 24.6. The zero-order chi connectivity index (χ0) is 28.7. The molecule has 8 nitrogen and oxygen atoms in total. The summed E-state index contributed by atoms with van der Waals surface area (Å²) in [4.78, 5) is 36.1. The van der Waals surface area contributed by atoms with Crippen LogP contribution >= 0.6 is 0 Å². The van der Waals surface area contributed by atoms with Crippen LogP contribution in [0, 0.1) is 0 Å². The highest BCUT2D eigenvalue weighted by atomic mass is 16.6. The Morgan fingerprint density at radius 1 is 0.763 bits per heavy atom. The molecule has 0 radical (unpaired) electrons. The van der Waals surface area contributed by atoms with Gasteiger partial charge in [-0.3, -0.25) is 9.59 Å². The van der Waals surface area contributed by atoms with E-state index >= 15 is 0 Å². The molecule has 0 aromatic rings. The van der Waals surface area contributed by atoms with Crippen molar-refractivity contribution in [2.75, 3.05) is 41.0 Å². The third kappa shape index (κ3) is 20.8. The number of nitrogens with zero attached hydrogens (tertiary/aromatic N) is 1. The number of allylic oxidation sites excluding steroid dienone is 4. The van der Waals surface area contributed by atoms with Gasteiger partial charge < -0.3 is 23.8 Å². The Bertz CT molecular complexity index is 697. The van der Waals surface area contributed by atoms with Crippen LogP contribution in [-0.4, -0.2) is 80.6 Å². The summed E-state index contributed by atoms with van der Waals surface area (Å²) in [6.45, 7) is 4.47. The third-order valence-corrected chi connectivity index (χ3v) is 6.10. The number of ether oxygens (including phenoxy) is 3. The summed E-state index contributed by atoms with van der Waals surface area (Å²) in [6, 6.07) is -0.618. The van der Waals surface area contributed by atoms with Gasteiger partial charge in [0.1, 0.15) is 6.61 Å². The summed E-state index contributed by atoms with van der Waals surface area (Å²) in [6.07, 6.45) is 18.5. The van der Waals surface area contributed by atoms with Gasteiger partial charge >= 0.3 is 17.9 Å². The molecule has 0 saturated heterocycles. The van der Waals surface area contributed by atoms with Crippen molar-refractivity contribution in [2.24, 2.45) is 0 Å². The van der Waals surface area contributed by atoms with E-state index in [4.69, 9.17) is 14.2 Å². The van der Waals surface area contributed by atoms with Gasteiger partial charge in [-0.05, 0) is 38.5 Å². The summed E-state index contributed by atoms with van der Waals surface area (Å²) < 4.78 is 16.8. The fourth-order valence-corrected chi connectivity index (χ4v) is 3.77. The van der Waals surface area contributed by atoms with Crippen molar-refractivity contribution in [2.45, 2.75) is 109 Å². The summed E-state index contributed by atoms with van der Waals surface area (Å²) in [5.74, 6) is -1.62. The number of aliphatic carboxylic acids is 1. The highest BCUT2D eigenvalue weighted by Gasteiger charge is 2.31. The molecule has 0 aromatic heterocycles. The molecule has 1 N–H and O–H groups in total. The number of likely N-dealkylation sites (N-methyl/N-ethyl adjacent to an activating group) is 1.